The molecule has 1 fully saturated rings. The van der Waals surface area contributed by atoms with Gasteiger partial charge in [0.25, 0.3) is 5.89 Å². The van der Waals surface area contributed by atoms with Gasteiger partial charge >= 0.3 is 0 Å². The molecule has 2 aromatic heterocycles. The van der Waals surface area contributed by atoms with E-state index in [1.54, 1.807) is 29.2 Å². The summed E-state index contributed by atoms with van der Waals surface area (Å²) in [6.07, 6.45) is 7.16. The molecule has 1 aliphatic rings. The lowest BCUT2D eigenvalue weighted by Crippen LogP contribution is -2.41. The van der Waals surface area contributed by atoms with E-state index in [1.165, 1.54) is 12.1 Å². The van der Waals surface area contributed by atoms with E-state index in [0.717, 1.165) is 32.4 Å². The smallest absolute Gasteiger partial charge is 0.257 e. The molecule has 0 aliphatic carbocycles. The number of rotatable bonds is 6. The molecular weight excluding hydrogens is 361 g/mol. The molecule has 1 atom stereocenters. The van der Waals surface area contributed by atoms with Crippen LogP contribution in [0.1, 0.15) is 25.1 Å². The van der Waals surface area contributed by atoms with Crippen LogP contribution in [0.4, 0.5) is 4.39 Å². The van der Waals surface area contributed by atoms with Crippen molar-refractivity contribution in [3.63, 3.8) is 0 Å². The van der Waals surface area contributed by atoms with Crippen molar-refractivity contribution in [3.05, 3.63) is 54.4 Å². The highest BCUT2D eigenvalue weighted by Crippen LogP contribution is 2.23. The monoisotopic (exact) mass is 383 g/mol. The van der Waals surface area contributed by atoms with Gasteiger partial charge in [-0.1, -0.05) is 5.16 Å². The Bertz CT molecular complexity index is 907. The Morgan fingerprint density at radius 2 is 2.14 bits per heavy atom. The Labute approximate surface area is 162 Å². The van der Waals surface area contributed by atoms with Crippen molar-refractivity contribution < 1.29 is 13.7 Å². The summed E-state index contributed by atoms with van der Waals surface area (Å²) in [7, 11) is 0. The molecule has 4 rings (SSSR count). The van der Waals surface area contributed by atoms with Gasteiger partial charge in [0.2, 0.25) is 5.91 Å². The Morgan fingerprint density at radius 3 is 2.93 bits per heavy atom. The zero-order valence-electron chi connectivity index (χ0n) is 15.5. The number of amides is 1. The van der Waals surface area contributed by atoms with Gasteiger partial charge in [0.05, 0.1) is 0 Å². The molecule has 0 N–H and O–H groups in total. The summed E-state index contributed by atoms with van der Waals surface area (Å²) in [5.41, 5.74) is 0.702. The molecular formula is C20H22FN5O2. The van der Waals surface area contributed by atoms with Crippen LogP contribution in [0.5, 0.6) is 0 Å². The van der Waals surface area contributed by atoms with Crippen LogP contribution < -0.4 is 0 Å². The molecule has 3 heterocycles. The first-order valence-electron chi connectivity index (χ1n) is 9.51. The van der Waals surface area contributed by atoms with E-state index >= 15 is 0 Å². The number of benzene rings is 1. The highest BCUT2D eigenvalue weighted by atomic mass is 19.1. The normalized spacial score (nSPS) is 17.0. The molecule has 0 spiro atoms. The molecule has 0 radical (unpaired) electrons. The lowest BCUT2D eigenvalue weighted by molar-refractivity contribution is -0.133. The van der Waals surface area contributed by atoms with Crippen LogP contribution in [-0.4, -0.2) is 43.8 Å². The second-order valence-corrected chi connectivity index (χ2v) is 7.11. The number of likely N-dealkylation sites (tertiary alicyclic amines) is 1. The Balaban J connectivity index is 1.30. The third-order valence-corrected chi connectivity index (χ3v) is 5.06. The van der Waals surface area contributed by atoms with E-state index in [4.69, 9.17) is 4.52 Å². The van der Waals surface area contributed by atoms with Crippen LogP contribution in [0.2, 0.25) is 0 Å². The fourth-order valence-electron chi connectivity index (χ4n) is 3.56. The highest BCUT2D eigenvalue weighted by molar-refractivity contribution is 5.76. The Kier molecular flexibility index (Phi) is 5.45. The number of aryl methyl sites for hydroxylation is 1. The van der Waals surface area contributed by atoms with Crippen LogP contribution >= 0.6 is 0 Å². The van der Waals surface area contributed by atoms with Gasteiger partial charge in [-0.25, -0.2) is 4.39 Å². The van der Waals surface area contributed by atoms with Gasteiger partial charge in [-0.05, 0) is 55.5 Å². The number of hydrogen-bond acceptors (Lipinski definition) is 5. The number of halogens is 1. The number of piperidine rings is 1. The van der Waals surface area contributed by atoms with E-state index in [2.05, 4.69) is 15.2 Å². The van der Waals surface area contributed by atoms with E-state index in [9.17, 15) is 9.18 Å². The average molecular weight is 383 g/mol. The maximum Gasteiger partial charge on any atom is 0.257 e. The van der Waals surface area contributed by atoms with E-state index in [-0.39, 0.29) is 18.3 Å². The fraction of sp³-hybridized carbons (Fsp3) is 0.400. The molecule has 7 nitrogen and oxygen atoms in total. The van der Waals surface area contributed by atoms with Gasteiger partial charge in [0.15, 0.2) is 5.82 Å². The standard InChI is InChI=1S/C20H22FN5O2/c21-17-7-5-16(6-8-17)20-23-18(24-28-20)9-4-15-3-1-11-25(13-15)19(27)14-26-12-2-10-22-26/h2,5-8,10,12,15H,1,3-4,9,11,13-14H2. The van der Waals surface area contributed by atoms with Crippen molar-refractivity contribution in [2.75, 3.05) is 13.1 Å². The third kappa shape index (κ3) is 4.44. The maximum absolute atomic E-state index is 13.0. The number of carbonyl (C=O) groups is 1. The maximum atomic E-state index is 13.0. The van der Waals surface area contributed by atoms with Gasteiger partial charge in [-0.15, -0.1) is 0 Å². The molecule has 1 saturated heterocycles. The minimum absolute atomic E-state index is 0.103. The summed E-state index contributed by atoms with van der Waals surface area (Å²) < 4.78 is 20.0. The molecule has 8 heteroatoms. The zero-order chi connectivity index (χ0) is 19.3. The summed E-state index contributed by atoms with van der Waals surface area (Å²) >= 11 is 0. The minimum atomic E-state index is -0.299. The van der Waals surface area contributed by atoms with Gasteiger partial charge in [-0.3, -0.25) is 9.48 Å². The summed E-state index contributed by atoms with van der Waals surface area (Å²) in [6.45, 7) is 1.84. The SMILES string of the molecule is O=C(Cn1cccn1)N1CCCC(CCc2noc(-c3ccc(F)cc3)n2)C1. The molecule has 0 saturated carbocycles. The van der Waals surface area contributed by atoms with Crippen molar-refractivity contribution in [1.29, 1.82) is 0 Å². The van der Waals surface area contributed by atoms with Gasteiger partial charge in [0.1, 0.15) is 12.4 Å². The predicted molar refractivity (Wildman–Crippen MR) is 99.5 cm³/mol. The van der Waals surface area contributed by atoms with Crippen LogP contribution in [0, 0.1) is 11.7 Å². The zero-order valence-corrected chi connectivity index (χ0v) is 15.5. The van der Waals surface area contributed by atoms with Crippen LogP contribution in [0.15, 0.2) is 47.2 Å². The summed E-state index contributed by atoms with van der Waals surface area (Å²) in [4.78, 5) is 18.8. The first-order chi connectivity index (χ1) is 13.7. The van der Waals surface area contributed by atoms with Crippen LogP contribution in [-0.2, 0) is 17.8 Å². The largest absolute Gasteiger partial charge is 0.341 e. The first kappa shape index (κ1) is 18.3. The van der Waals surface area contributed by atoms with Crippen molar-refractivity contribution in [3.8, 4) is 11.5 Å². The highest BCUT2D eigenvalue weighted by Gasteiger charge is 2.24. The summed E-state index contributed by atoms with van der Waals surface area (Å²) in [5.74, 6) is 1.26. The summed E-state index contributed by atoms with van der Waals surface area (Å²) in [5, 5.41) is 8.13. The van der Waals surface area contributed by atoms with Gasteiger partial charge in [0, 0.05) is 37.5 Å². The number of nitrogens with zero attached hydrogens (tertiary/aromatic N) is 5. The van der Waals surface area contributed by atoms with Crippen molar-refractivity contribution in [1.82, 2.24) is 24.8 Å². The molecule has 146 valence electrons. The first-order valence-corrected chi connectivity index (χ1v) is 9.51. The van der Waals surface area contributed by atoms with Gasteiger partial charge < -0.3 is 9.42 Å². The molecule has 1 amide bonds. The predicted octanol–water partition coefficient (Wildman–Crippen LogP) is 2.94. The topological polar surface area (TPSA) is 77.0 Å². The second-order valence-electron chi connectivity index (χ2n) is 7.11. The van der Waals surface area contributed by atoms with E-state index < -0.39 is 0 Å². The number of aromatic nitrogens is 4. The van der Waals surface area contributed by atoms with Gasteiger partial charge in [-0.2, -0.15) is 10.1 Å². The summed E-state index contributed by atoms with van der Waals surface area (Å²) in [6, 6.07) is 7.80. The molecule has 1 aliphatic heterocycles. The van der Waals surface area contributed by atoms with E-state index in [1.807, 2.05) is 11.0 Å². The number of hydrogen-bond donors (Lipinski definition) is 0. The third-order valence-electron chi connectivity index (χ3n) is 5.06. The molecule has 1 aromatic carbocycles. The Hall–Kier alpha value is -3.03. The van der Waals surface area contributed by atoms with Crippen molar-refractivity contribution in [2.45, 2.75) is 32.2 Å². The molecule has 1 unspecified atom stereocenters. The lowest BCUT2D eigenvalue weighted by atomic mass is 9.93. The van der Waals surface area contributed by atoms with E-state index in [0.29, 0.717) is 29.6 Å². The van der Waals surface area contributed by atoms with Crippen molar-refractivity contribution >= 4 is 5.91 Å². The Morgan fingerprint density at radius 1 is 1.29 bits per heavy atom. The number of carbonyl (C=O) groups excluding carboxylic acids is 1. The quantitative estimate of drug-likeness (QED) is 0.654. The van der Waals surface area contributed by atoms with Crippen LogP contribution in [0.3, 0.4) is 0 Å². The molecule has 0 bridgehead atoms. The molecule has 28 heavy (non-hydrogen) atoms. The lowest BCUT2D eigenvalue weighted by Gasteiger charge is -2.32. The van der Waals surface area contributed by atoms with Crippen molar-refractivity contribution in [2.24, 2.45) is 5.92 Å². The average Bonchev–Trinajstić information content (AvgIpc) is 3.39. The minimum Gasteiger partial charge on any atom is -0.341 e. The molecule has 3 aromatic rings. The fourth-order valence-corrected chi connectivity index (χ4v) is 3.56. The van der Waals surface area contributed by atoms with Crippen LogP contribution in [0.25, 0.3) is 11.5 Å². The second kappa shape index (κ2) is 8.33.